The molecule has 1 aromatic carbocycles. The Kier molecular flexibility index (Phi) is 11.2. The second kappa shape index (κ2) is 13.4. The zero-order valence-electron chi connectivity index (χ0n) is 17.5. The largest absolute Gasteiger partial charge is 0.356 e. The molecule has 5 nitrogen and oxygen atoms in total. The van der Waals surface area contributed by atoms with Crippen molar-refractivity contribution >= 4 is 29.9 Å². The van der Waals surface area contributed by atoms with Crippen LogP contribution < -0.4 is 10.6 Å². The quantitative estimate of drug-likeness (QED) is 0.237. The standard InChI is InChI=1S/C22H37N5.HI/c1-23-22(24-12-2-3-13-26-14-4-5-15-26)25-18-20-8-10-21(11-9-20)19-27-16-6-7-17-27;/h8-11H,2-7,12-19H2,1H3,(H2,23,24,25);1H. The number of unbranched alkanes of at least 4 members (excludes halogenated alkanes) is 1. The van der Waals surface area contributed by atoms with E-state index in [0.29, 0.717) is 0 Å². The van der Waals surface area contributed by atoms with Crippen LogP contribution in [0.15, 0.2) is 29.3 Å². The fraction of sp³-hybridized carbons (Fsp3) is 0.682. The lowest BCUT2D eigenvalue weighted by Crippen LogP contribution is -2.37. The first-order valence-electron chi connectivity index (χ1n) is 10.8. The summed E-state index contributed by atoms with van der Waals surface area (Å²) in [5.74, 6) is 0.900. The van der Waals surface area contributed by atoms with Crippen molar-refractivity contribution in [3.63, 3.8) is 0 Å². The van der Waals surface area contributed by atoms with Crippen molar-refractivity contribution in [3.8, 4) is 0 Å². The number of hydrogen-bond acceptors (Lipinski definition) is 3. The van der Waals surface area contributed by atoms with E-state index < -0.39 is 0 Å². The van der Waals surface area contributed by atoms with Gasteiger partial charge in [0.15, 0.2) is 5.96 Å². The number of hydrogen-bond donors (Lipinski definition) is 2. The molecule has 2 aliphatic heterocycles. The molecule has 0 atom stereocenters. The highest BCUT2D eigenvalue weighted by Gasteiger charge is 2.11. The van der Waals surface area contributed by atoms with Gasteiger partial charge in [-0.05, 0) is 82.4 Å². The van der Waals surface area contributed by atoms with E-state index in [1.807, 2.05) is 7.05 Å². The minimum absolute atomic E-state index is 0. The summed E-state index contributed by atoms with van der Waals surface area (Å²) >= 11 is 0. The topological polar surface area (TPSA) is 42.9 Å². The Morgan fingerprint density at radius 2 is 1.46 bits per heavy atom. The third kappa shape index (κ3) is 8.25. The second-order valence-electron chi connectivity index (χ2n) is 7.91. The van der Waals surface area contributed by atoms with Crippen LogP contribution in [-0.4, -0.2) is 62.1 Å². The van der Waals surface area contributed by atoms with Gasteiger partial charge < -0.3 is 15.5 Å². The van der Waals surface area contributed by atoms with Gasteiger partial charge in [-0.2, -0.15) is 0 Å². The average molecular weight is 499 g/mol. The summed E-state index contributed by atoms with van der Waals surface area (Å²) in [5.41, 5.74) is 2.72. The molecular weight excluding hydrogens is 461 g/mol. The fourth-order valence-corrected chi connectivity index (χ4v) is 4.04. The van der Waals surface area contributed by atoms with Crippen molar-refractivity contribution in [1.29, 1.82) is 0 Å². The van der Waals surface area contributed by atoms with Crippen molar-refractivity contribution in [2.75, 3.05) is 46.3 Å². The molecule has 28 heavy (non-hydrogen) atoms. The summed E-state index contributed by atoms with van der Waals surface area (Å²) < 4.78 is 0. The minimum atomic E-state index is 0. The monoisotopic (exact) mass is 499 g/mol. The Bertz CT molecular complexity index is 563. The minimum Gasteiger partial charge on any atom is -0.356 e. The predicted molar refractivity (Wildman–Crippen MR) is 129 cm³/mol. The van der Waals surface area contributed by atoms with E-state index in [0.717, 1.165) is 25.6 Å². The zero-order chi connectivity index (χ0) is 18.7. The third-order valence-electron chi connectivity index (χ3n) is 5.70. The Labute approximate surface area is 188 Å². The Morgan fingerprint density at radius 3 is 2.11 bits per heavy atom. The first kappa shape index (κ1) is 23.4. The third-order valence-corrected chi connectivity index (χ3v) is 5.70. The number of benzene rings is 1. The molecule has 0 bridgehead atoms. The van der Waals surface area contributed by atoms with Crippen molar-refractivity contribution in [2.24, 2.45) is 4.99 Å². The molecule has 2 saturated heterocycles. The highest BCUT2D eigenvalue weighted by Crippen LogP contribution is 2.13. The number of likely N-dealkylation sites (tertiary alicyclic amines) is 2. The van der Waals surface area contributed by atoms with E-state index in [1.54, 1.807) is 0 Å². The molecule has 0 unspecified atom stereocenters. The van der Waals surface area contributed by atoms with Gasteiger partial charge >= 0.3 is 0 Å². The van der Waals surface area contributed by atoms with Crippen molar-refractivity contribution in [1.82, 2.24) is 20.4 Å². The number of nitrogens with one attached hydrogen (secondary N) is 2. The van der Waals surface area contributed by atoms with Crippen LogP contribution in [0.1, 0.15) is 49.7 Å². The summed E-state index contributed by atoms with van der Waals surface area (Å²) in [6.45, 7) is 9.25. The summed E-state index contributed by atoms with van der Waals surface area (Å²) in [7, 11) is 1.85. The molecule has 2 aliphatic rings. The van der Waals surface area contributed by atoms with Crippen LogP contribution >= 0.6 is 24.0 Å². The predicted octanol–water partition coefficient (Wildman–Crippen LogP) is 3.44. The average Bonchev–Trinajstić information content (AvgIpc) is 3.39. The van der Waals surface area contributed by atoms with Gasteiger partial charge in [0, 0.05) is 26.7 Å². The molecule has 0 saturated carbocycles. The van der Waals surface area contributed by atoms with Crippen molar-refractivity contribution in [3.05, 3.63) is 35.4 Å². The molecule has 2 fully saturated rings. The Hall–Kier alpha value is -0.860. The molecule has 2 heterocycles. The van der Waals surface area contributed by atoms with Gasteiger partial charge in [0.05, 0.1) is 0 Å². The zero-order valence-corrected chi connectivity index (χ0v) is 19.8. The van der Waals surface area contributed by atoms with Crippen molar-refractivity contribution in [2.45, 2.75) is 51.6 Å². The normalized spacial score (nSPS) is 18.2. The molecule has 1 aromatic rings. The van der Waals surface area contributed by atoms with E-state index in [-0.39, 0.29) is 24.0 Å². The summed E-state index contributed by atoms with van der Waals surface area (Å²) in [5, 5.41) is 6.87. The van der Waals surface area contributed by atoms with Gasteiger partial charge in [-0.1, -0.05) is 24.3 Å². The van der Waals surface area contributed by atoms with Crippen molar-refractivity contribution < 1.29 is 0 Å². The molecule has 0 radical (unpaired) electrons. The van der Waals surface area contributed by atoms with E-state index in [4.69, 9.17) is 0 Å². The first-order chi connectivity index (χ1) is 13.3. The molecule has 6 heteroatoms. The van der Waals surface area contributed by atoms with E-state index in [1.165, 1.54) is 82.4 Å². The van der Waals surface area contributed by atoms with E-state index >= 15 is 0 Å². The SMILES string of the molecule is CN=C(NCCCCN1CCCC1)NCc1ccc(CN2CCCC2)cc1.I. The van der Waals surface area contributed by atoms with Gasteiger partial charge in [-0.15, -0.1) is 24.0 Å². The smallest absolute Gasteiger partial charge is 0.191 e. The molecule has 3 rings (SSSR count). The molecule has 0 spiro atoms. The summed E-state index contributed by atoms with van der Waals surface area (Å²) in [6, 6.07) is 9.01. The maximum atomic E-state index is 4.34. The first-order valence-corrected chi connectivity index (χ1v) is 10.8. The van der Waals surface area contributed by atoms with Crippen LogP contribution in [0.2, 0.25) is 0 Å². The maximum absolute atomic E-state index is 4.34. The molecule has 0 aliphatic carbocycles. The van der Waals surface area contributed by atoms with Crippen LogP contribution in [0.3, 0.4) is 0 Å². The van der Waals surface area contributed by atoms with Gasteiger partial charge in [-0.3, -0.25) is 9.89 Å². The second-order valence-corrected chi connectivity index (χ2v) is 7.91. The van der Waals surface area contributed by atoms with E-state index in [2.05, 4.69) is 49.7 Å². The molecule has 0 aromatic heterocycles. The molecule has 158 valence electrons. The lowest BCUT2D eigenvalue weighted by Gasteiger charge is -2.16. The van der Waals surface area contributed by atoms with Crippen LogP contribution in [0.25, 0.3) is 0 Å². The number of halogens is 1. The lowest BCUT2D eigenvalue weighted by molar-refractivity contribution is 0.330. The van der Waals surface area contributed by atoms with Crippen LogP contribution in [0.4, 0.5) is 0 Å². The summed E-state index contributed by atoms with van der Waals surface area (Å²) in [4.78, 5) is 9.47. The Balaban J connectivity index is 0.00000280. The number of rotatable bonds is 9. The lowest BCUT2D eigenvalue weighted by atomic mass is 10.1. The number of aliphatic imine (C=N–C) groups is 1. The van der Waals surface area contributed by atoms with Gasteiger partial charge in [-0.25, -0.2) is 0 Å². The maximum Gasteiger partial charge on any atom is 0.191 e. The number of nitrogens with zero attached hydrogens (tertiary/aromatic N) is 3. The highest BCUT2D eigenvalue weighted by molar-refractivity contribution is 14.0. The molecular formula is C22H38IN5. The fourth-order valence-electron chi connectivity index (χ4n) is 4.04. The van der Waals surface area contributed by atoms with E-state index in [9.17, 15) is 0 Å². The van der Waals surface area contributed by atoms with Crippen LogP contribution in [-0.2, 0) is 13.1 Å². The van der Waals surface area contributed by atoms with Gasteiger partial charge in [0.25, 0.3) is 0 Å². The highest BCUT2D eigenvalue weighted by atomic mass is 127. The molecule has 0 amide bonds. The van der Waals surface area contributed by atoms with Crippen LogP contribution in [0, 0.1) is 0 Å². The summed E-state index contributed by atoms with van der Waals surface area (Å²) in [6.07, 6.45) is 7.94. The van der Waals surface area contributed by atoms with Gasteiger partial charge in [0.1, 0.15) is 0 Å². The van der Waals surface area contributed by atoms with Gasteiger partial charge in [0.2, 0.25) is 0 Å². The number of guanidine groups is 1. The Morgan fingerprint density at radius 1 is 0.857 bits per heavy atom. The molecule has 2 N–H and O–H groups in total. The van der Waals surface area contributed by atoms with Crippen LogP contribution in [0.5, 0.6) is 0 Å².